The van der Waals surface area contributed by atoms with Crippen molar-refractivity contribution in [3.05, 3.63) is 53.3 Å². The van der Waals surface area contributed by atoms with Gasteiger partial charge < -0.3 is 14.6 Å². The number of hydrogen-bond donors (Lipinski definition) is 1. The lowest BCUT2D eigenvalue weighted by Crippen LogP contribution is -2.25. The number of halogens is 1. The van der Waals surface area contributed by atoms with Crippen molar-refractivity contribution >= 4 is 34.2 Å². The predicted molar refractivity (Wildman–Crippen MR) is 125 cm³/mol. The first-order valence-corrected chi connectivity index (χ1v) is 11.4. The molecule has 6 nitrogen and oxygen atoms in total. The summed E-state index contributed by atoms with van der Waals surface area (Å²) in [6.07, 6.45) is 5.17. The summed E-state index contributed by atoms with van der Waals surface area (Å²) < 4.78 is 7.79. The van der Waals surface area contributed by atoms with Crippen LogP contribution in [0.3, 0.4) is 0 Å². The zero-order valence-corrected chi connectivity index (χ0v) is 18.7. The molecule has 1 aliphatic heterocycles. The van der Waals surface area contributed by atoms with Crippen LogP contribution in [0.15, 0.2) is 42.5 Å². The maximum Gasteiger partial charge on any atom is 0.262 e. The van der Waals surface area contributed by atoms with Crippen molar-refractivity contribution in [1.82, 2.24) is 14.5 Å². The normalized spacial score (nSPS) is 15.0. The Morgan fingerprint density at radius 2 is 1.90 bits per heavy atom. The lowest BCUT2D eigenvalue weighted by Gasteiger charge is -2.19. The Bertz CT molecular complexity index is 1040. The number of anilines is 1. The molecule has 2 aromatic carbocycles. The van der Waals surface area contributed by atoms with Gasteiger partial charge in [-0.25, -0.2) is 4.98 Å². The summed E-state index contributed by atoms with van der Waals surface area (Å²) in [6, 6.07) is 13.0. The van der Waals surface area contributed by atoms with Gasteiger partial charge in [0.15, 0.2) is 6.61 Å². The van der Waals surface area contributed by atoms with Crippen LogP contribution < -0.4 is 10.1 Å². The molecule has 7 heteroatoms. The molecule has 1 aliphatic rings. The topological polar surface area (TPSA) is 59.4 Å². The number of ether oxygens (including phenoxy) is 1. The number of nitrogens with zero attached hydrogens (tertiary/aromatic N) is 3. The van der Waals surface area contributed by atoms with Gasteiger partial charge in [-0.15, -0.1) is 0 Å². The highest BCUT2D eigenvalue weighted by atomic mass is 35.5. The van der Waals surface area contributed by atoms with Gasteiger partial charge in [0, 0.05) is 12.2 Å². The molecule has 0 unspecified atom stereocenters. The van der Waals surface area contributed by atoms with Gasteiger partial charge in [0.25, 0.3) is 5.91 Å². The van der Waals surface area contributed by atoms with E-state index in [0.717, 1.165) is 43.0 Å². The molecule has 1 aromatic heterocycles. The van der Waals surface area contributed by atoms with E-state index in [1.54, 1.807) is 12.1 Å². The lowest BCUT2D eigenvalue weighted by atomic mass is 10.2. The molecule has 2 heterocycles. The van der Waals surface area contributed by atoms with Crippen LogP contribution in [0.5, 0.6) is 5.75 Å². The first kappa shape index (κ1) is 21.7. The molecule has 0 bridgehead atoms. The van der Waals surface area contributed by atoms with Crippen molar-refractivity contribution < 1.29 is 9.53 Å². The zero-order chi connectivity index (χ0) is 21.6. The van der Waals surface area contributed by atoms with Gasteiger partial charge in [-0.1, -0.05) is 36.6 Å². The number of hydrogen-bond acceptors (Lipinski definition) is 4. The van der Waals surface area contributed by atoms with Crippen LogP contribution >= 0.6 is 11.6 Å². The van der Waals surface area contributed by atoms with Crippen molar-refractivity contribution in [2.75, 3.05) is 25.0 Å². The average Bonchev–Trinajstić information content (AvgIpc) is 2.91. The zero-order valence-electron chi connectivity index (χ0n) is 17.9. The number of likely N-dealkylation sites (tertiary alicyclic amines) is 1. The van der Waals surface area contributed by atoms with E-state index in [0.29, 0.717) is 16.5 Å². The molecule has 0 aliphatic carbocycles. The van der Waals surface area contributed by atoms with Crippen molar-refractivity contribution in [2.24, 2.45) is 0 Å². The average molecular weight is 441 g/mol. The molecule has 3 aromatic rings. The number of para-hydroxylation sites is 1. The minimum Gasteiger partial charge on any atom is -0.482 e. The van der Waals surface area contributed by atoms with E-state index in [4.69, 9.17) is 21.3 Å². The smallest absolute Gasteiger partial charge is 0.262 e. The van der Waals surface area contributed by atoms with E-state index in [-0.39, 0.29) is 12.5 Å². The van der Waals surface area contributed by atoms with Gasteiger partial charge in [-0.3, -0.25) is 9.69 Å². The molecule has 0 saturated carbocycles. The third-order valence-electron chi connectivity index (χ3n) is 5.69. The van der Waals surface area contributed by atoms with E-state index < -0.39 is 0 Å². The predicted octanol–water partition coefficient (Wildman–Crippen LogP) is 5.10. The highest BCUT2D eigenvalue weighted by Crippen LogP contribution is 2.24. The van der Waals surface area contributed by atoms with E-state index in [1.807, 2.05) is 30.3 Å². The fraction of sp³-hybridized carbons (Fsp3) is 0.417. The van der Waals surface area contributed by atoms with Gasteiger partial charge in [-0.05, 0) is 63.2 Å². The molecule has 1 N–H and O–H groups in total. The standard InChI is InChI=1S/C24H29ClN4O2/c1-2-29-21-12-11-18(26-24(30)17-31-22-10-6-5-9-19(22)25)15-20(21)27-23(29)16-28-13-7-3-4-8-14-28/h5-6,9-12,15H,2-4,7-8,13-14,16-17H2,1H3,(H,26,30). The number of fused-ring (bicyclic) bond motifs is 1. The van der Waals surface area contributed by atoms with Crippen LogP contribution in [0, 0.1) is 0 Å². The third kappa shape index (κ3) is 5.38. The minimum absolute atomic E-state index is 0.106. The molecule has 1 saturated heterocycles. The quantitative estimate of drug-likeness (QED) is 0.555. The third-order valence-corrected chi connectivity index (χ3v) is 6.00. The molecular formula is C24H29ClN4O2. The Hall–Kier alpha value is -2.57. The Balaban J connectivity index is 1.44. The largest absolute Gasteiger partial charge is 0.482 e. The molecule has 0 atom stereocenters. The Kier molecular flexibility index (Phi) is 7.10. The highest BCUT2D eigenvalue weighted by Gasteiger charge is 2.16. The fourth-order valence-electron chi connectivity index (χ4n) is 4.13. The monoisotopic (exact) mass is 440 g/mol. The number of aromatic nitrogens is 2. The summed E-state index contributed by atoms with van der Waals surface area (Å²) in [6.45, 7) is 6.06. The second-order valence-electron chi connectivity index (χ2n) is 7.93. The van der Waals surface area contributed by atoms with Gasteiger partial charge in [-0.2, -0.15) is 0 Å². The molecule has 1 fully saturated rings. The summed E-state index contributed by atoms with van der Waals surface area (Å²) in [7, 11) is 0. The summed E-state index contributed by atoms with van der Waals surface area (Å²) >= 11 is 6.07. The van der Waals surface area contributed by atoms with E-state index in [1.165, 1.54) is 25.7 Å². The van der Waals surface area contributed by atoms with Crippen LogP contribution in [0.1, 0.15) is 38.4 Å². The number of amides is 1. The molecule has 0 radical (unpaired) electrons. The first-order chi connectivity index (χ1) is 15.1. The van der Waals surface area contributed by atoms with E-state index in [2.05, 4.69) is 21.7 Å². The number of rotatable bonds is 7. The molecule has 164 valence electrons. The molecular weight excluding hydrogens is 412 g/mol. The van der Waals surface area contributed by atoms with Crippen molar-refractivity contribution in [3.8, 4) is 5.75 Å². The molecule has 31 heavy (non-hydrogen) atoms. The lowest BCUT2D eigenvalue weighted by molar-refractivity contribution is -0.118. The van der Waals surface area contributed by atoms with Crippen LogP contribution in [0.4, 0.5) is 5.69 Å². The summed E-state index contributed by atoms with van der Waals surface area (Å²) in [5, 5.41) is 3.38. The van der Waals surface area contributed by atoms with Crippen LogP contribution in [0.2, 0.25) is 5.02 Å². The van der Waals surface area contributed by atoms with Gasteiger partial charge >= 0.3 is 0 Å². The van der Waals surface area contributed by atoms with Crippen LogP contribution in [-0.4, -0.2) is 40.1 Å². The maximum atomic E-state index is 12.3. The molecule has 0 spiro atoms. The van der Waals surface area contributed by atoms with Gasteiger partial charge in [0.05, 0.1) is 22.6 Å². The Morgan fingerprint density at radius 3 is 2.65 bits per heavy atom. The van der Waals surface area contributed by atoms with Gasteiger partial charge in [0.1, 0.15) is 11.6 Å². The number of aryl methyl sites for hydroxylation is 1. The van der Waals surface area contributed by atoms with Crippen molar-refractivity contribution in [1.29, 1.82) is 0 Å². The molecule has 1 amide bonds. The number of carbonyl (C=O) groups excluding carboxylic acids is 1. The summed E-state index contributed by atoms with van der Waals surface area (Å²) in [4.78, 5) is 19.8. The Morgan fingerprint density at radius 1 is 1.13 bits per heavy atom. The first-order valence-electron chi connectivity index (χ1n) is 11.0. The van der Waals surface area contributed by atoms with Crippen LogP contribution in [0.25, 0.3) is 11.0 Å². The Labute approximate surface area is 188 Å². The van der Waals surface area contributed by atoms with Crippen molar-refractivity contribution in [3.63, 3.8) is 0 Å². The SMILES string of the molecule is CCn1c(CN2CCCCCC2)nc2cc(NC(=O)COc3ccccc3Cl)ccc21. The fourth-order valence-corrected chi connectivity index (χ4v) is 4.32. The number of imidazole rings is 1. The van der Waals surface area contributed by atoms with E-state index in [9.17, 15) is 4.79 Å². The highest BCUT2D eigenvalue weighted by molar-refractivity contribution is 6.32. The number of benzene rings is 2. The second-order valence-corrected chi connectivity index (χ2v) is 8.34. The summed E-state index contributed by atoms with van der Waals surface area (Å²) in [5.74, 6) is 1.35. The van der Waals surface area contributed by atoms with Gasteiger partial charge in [0.2, 0.25) is 0 Å². The number of nitrogens with one attached hydrogen (secondary N) is 1. The van der Waals surface area contributed by atoms with E-state index >= 15 is 0 Å². The van der Waals surface area contributed by atoms with Crippen LogP contribution in [-0.2, 0) is 17.9 Å². The molecule has 4 rings (SSSR count). The minimum atomic E-state index is -0.237. The second kappa shape index (κ2) is 10.2. The summed E-state index contributed by atoms with van der Waals surface area (Å²) in [5.41, 5.74) is 2.71. The maximum absolute atomic E-state index is 12.3. The van der Waals surface area contributed by atoms with Crippen molar-refractivity contribution in [2.45, 2.75) is 45.7 Å². The number of carbonyl (C=O) groups is 1.